The van der Waals surface area contributed by atoms with Crippen LogP contribution in [0.2, 0.25) is 0 Å². The Morgan fingerprint density at radius 2 is 2.00 bits per heavy atom. The predicted octanol–water partition coefficient (Wildman–Crippen LogP) is 2.77. The molecule has 2 aromatic rings. The molecule has 0 bridgehead atoms. The van der Waals surface area contributed by atoms with Crippen molar-refractivity contribution in [3.8, 4) is 0 Å². The highest BCUT2D eigenvalue weighted by Crippen LogP contribution is 2.19. The van der Waals surface area contributed by atoms with Crippen LogP contribution in [-0.4, -0.2) is 55.6 Å². The maximum Gasteiger partial charge on any atom is 0.191 e. The molecule has 27 heavy (non-hydrogen) atoms. The summed E-state index contributed by atoms with van der Waals surface area (Å²) in [6.07, 6.45) is 1.88. The molecule has 0 unspecified atom stereocenters. The fourth-order valence-corrected chi connectivity index (χ4v) is 3.59. The number of guanidine groups is 1. The van der Waals surface area contributed by atoms with Crippen LogP contribution in [0.5, 0.6) is 0 Å². The SMILES string of the molecule is CCNC(=NCc1cccnc1N1CCN(C)CC1)NCc1cccs1.I. The molecular weight excluding hydrogens is 471 g/mol. The minimum Gasteiger partial charge on any atom is -0.357 e. The molecule has 3 rings (SSSR count). The van der Waals surface area contributed by atoms with Crippen molar-refractivity contribution in [2.24, 2.45) is 4.99 Å². The second kappa shape index (κ2) is 11.5. The van der Waals surface area contributed by atoms with Gasteiger partial charge in [0.15, 0.2) is 5.96 Å². The Bertz CT molecular complexity index is 698. The van der Waals surface area contributed by atoms with Gasteiger partial charge in [-0.05, 0) is 31.5 Å². The second-order valence-corrected chi connectivity index (χ2v) is 7.44. The molecule has 2 aromatic heterocycles. The fourth-order valence-electron chi connectivity index (χ4n) is 2.95. The monoisotopic (exact) mass is 500 g/mol. The van der Waals surface area contributed by atoms with Crippen LogP contribution in [0, 0.1) is 0 Å². The highest BCUT2D eigenvalue weighted by atomic mass is 127. The molecule has 1 aliphatic heterocycles. The largest absolute Gasteiger partial charge is 0.357 e. The van der Waals surface area contributed by atoms with Crippen LogP contribution in [0.25, 0.3) is 0 Å². The highest BCUT2D eigenvalue weighted by Gasteiger charge is 2.17. The van der Waals surface area contributed by atoms with Gasteiger partial charge in [-0.3, -0.25) is 0 Å². The summed E-state index contributed by atoms with van der Waals surface area (Å²) in [6.45, 7) is 8.52. The summed E-state index contributed by atoms with van der Waals surface area (Å²) < 4.78 is 0. The van der Waals surface area contributed by atoms with E-state index in [0.29, 0.717) is 6.54 Å². The summed E-state index contributed by atoms with van der Waals surface area (Å²) in [5.74, 6) is 1.91. The Morgan fingerprint density at radius 1 is 1.19 bits per heavy atom. The Hall–Kier alpha value is -1.39. The summed E-state index contributed by atoms with van der Waals surface area (Å²) in [5.41, 5.74) is 1.17. The van der Waals surface area contributed by atoms with Gasteiger partial charge in [0.2, 0.25) is 0 Å². The normalized spacial score (nSPS) is 15.3. The van der Waals surface area contributed by atoms with Gasteiger partial charge in [0.25, 0.3) is 0 Å². The molecule has 0 radical (unpaired) electrons. The molecular formula is C19H29IN6S. The van der Waals surface area contributed by atoms with Crippen molar-refractivity contribution in [2.45, 2.75) is 20.0 Å². The van der Waals surface area contributed by atoms with Gasteiger partial charge in [-0.2, -0.15) is 0 Å². The molecule has 0 amide bonds. The van der Waals surface area contributed by atoms with Crippen LogP contribution >= 0.6 is 35.3 Å². The number of aliphatic imine (C=N–C) groups is 1. The number of anilines is 1. The van der Waals surface area contributed by atoms with Crippen molar-refractivity contribution in [1.29, 1.82) is 0 Å². The van der Waals surface area contributed by atoms with Crippen molar-refractivity contribution in [3.05, 3.63) is 46.3 Å². The number of thiophene rings is 1. The molecule has 1 aliphatic rings. The maximum atomic E-state index is 4.78. The molecule has 6 nitrogen and oxygen atoms in total. The first kappa shape index (κ1) is 21.9. The number of hydrogen-bond acceptors (Lipinski definition) is 5. The van der Waals surface area contributed by atoms with Gasteiger partial charge in [-0.15, -0.1) is 35.3 Å². The van der Waals surface area contributed by atoms with E-state index in [4.69, 9.17) is 4.99 Å². The van der Waals surface area contributed by atoms with E-state index in [2.05, 4.69) is 63.0 Å². The zero-order valence-corrected chi connectivity index (χ0v) is 19.2. The lowest BCUT2D eigenvalue weighted by molar-refractivity contribution is 0.312. The lowest BCUT2D eigenvalue weighted by Crippen LogP contribution is -2.45. The van der Waals surface area contributed by atoms with Gasteiger partial charge < -0.3 is 20.4 Å². The molecule has 0 aromatic carbocycles. The summed E-state index contributed by atoms with van der Waals surface area (Å²) in [5, 5.41) is 8.83. The van der Waals surface area contributed by atoms with E-state index in [-0.39, 0.29) is 24.0 Å². The number of piperazine rings is 1. The summed E-state index contributed by atoms with van der Waals surface area (Å²) in [7, 11) is 2.17. The number of likely N-dealkylation sites (N-methyl/N-ethyl adjacent to an activating group) is 1. The minimum atomic E-state index is 0. The van der Waals surface area contributed by atoms with E-state index in [0.717, 1.165) is 51.0 Å². The van der Waals surface area contributed by atoms with E-state index in [1.54, 1.807) is 11.3 Å². The Labute approximate surface area is 183 Å². The minimum absolute atomic E-state index is 0. The Morgan fingerprint density at radius 3 is 2.70 bits per heavy atom. The smallest absolute Gasteiger partial charge is 0.191 e. The van der Waals surface area contributed by atoms with E-state index in [1.807, 2.05) is 12.3 Å². The van der Waals surface area contributed by atoms with Gasteiger partial charge in [0.1, 0.15) is 5.82 Å². The van der Waals surface area contributed by atoms with Crippen LogP contribution in [-0.2, 0) is 13.1 Å². The van der Waals surface area contributed by atoms with E-state index in [9.17, 15) is 0 Å². The zero-order chi connectivity index (χ0) is 18.2. The van der Waals surface area contributed by atoms with Gasteiger partial charge >= 0.3 is 0 Å². The number of hydrogen-bond donors (Lipinski definition) is 2. The van der Waals surface area contributed by atoms with Gasteiger partial charge in [0.05, 0.1) is 13.1 Å². The molecule has 3 heterocycles. The number of nitrogens with zero attached hydrogens (tertiary/aromatic N) is 4. The van der Waals surface area contributed by atoms with Crippen molar-refractivity contribution >= 4 is 47.1 Å². The molecule has 0 aliphatic carbocycles. The average molecular weight is 500 g/mol. The van der Waals surface area contributed by atoms with Crippen LogP contribution in [0.1, 0.15) is 17.4 Å². The van der Waals surface area contributed by atoms with E-state index in [1.165, 1.54) is 10.4 Å². The number of halogens is 1. The summed E-state index contributed by atoms with van der Waals surface area (Å²) >= 11 is 1.75. The molecule has 8 heteroatoms. The first-order chi connectivity index (χ1) is 12.8. The molecule has 0 spiro atoms. The lowest BCUT2D eigenvalue weighted by atomic mass is 10.2. The third-order valence-corrected chi connectivity index (χ3v) is 5.31. The van der Waals surface area contributed by atoms with Crippen molar-refractivity contribution in [1.82, 2.24) is 20.5 Å². The molecule has 1 fully saturated rings. The topological polar surface area (TPSA) is 55.8 Å². The Balaban J connectivity index is 0.00000261. The molecule has 1 saturated heterocycles. The van der Waals surface area contributed by atoms with Gasteiger partial charge in [-0.25, -0.2) is 9.98 Å². The molecule has 0 atom stereocenters. The van der Waals surface area contributed by atoms with Crippen LogP contribution in [0.3, 0.4) is 0 Å². The number of rotatable bonds is 6. The quantitative estimate of drug-likeness (QED) is 0.363. The van der Waals surface area contributed by atoms with Crippen molar-refractivity contribution in [3.63, 3.8) is 0 Å². The van der Waals surface area contributed by atoms with Crippen molar-refractivity contribution < 1.29 is 0 Å². The fraction of sp³-hybridized carbons (Fsp3) is 0.474. The van der Waals surface area contributed by atoms with Crippen LogP contribution in [0.4, 0.5) is 5.82 Å². The lowest BCUT2D eigenvalue weighted by Gasteiger charge is -2.34. The van der Waals surface area contributed by atoms with Crippen LogP contribution < -0.4 is 15.5 Å². The number of aromatic nitrogens is 1. The third kappa shape index (κ3) is 6.62. The standard InChI is InChI=1S/C19H28N6S.HI/c1-3-20-19(23-15-17-7-5-13-26-17)22-14-16-6-4-8-21-18(16)25-11-9-24(2)10-12-25;/h4-8,13H,3,9-12,14-15H2,1-2H3,(H2,20,22,23);1H. The van der Waals surface area contributed by atoms with Crippen molar-refractivity contribution in [2.75, 3.05) is 44.7 Å². The van der Waals surface area contributed by atoms with Gasteiger partial charge in [-0.1, -0.05) is 12.1 Å². The summed E-state index contributed by atoms with van der Waals surface area (Å²) in [6, 6.07) is 8.33. The first-order valence-electron chi connectivity index (χ1n) is 9.18. The van der Waals surface area contributed by atoms with E-state index >= 15 is 0 Å². The zero-order valence-electron chi connectivity index (χ0n) is 16.0. The summed E-state index contributed by atoms with van der Waals surface area (Å²) in [4.78, 5) is 15.4. The highest BCUT2D eigenvalue weighted by molar-refractivity contribution is 14.0. The third-order valence-electron chi connectivity index (χ3n) is 4.43. The Kier molecular flexibility index (Phi) is 9.29. The molecule has 0 saturated carbocycles. The maximum absolute atomic E-state index is 4.78. The van der Waals surface area contributed by atoms with E-state index < -0.39 is 0 Å². The number of nitrogens with one attached hydrogen (secondary N) is 2. The molecule has 2 N–H and O–H groups in total. The van der Waals surface area contributed by atoms with Gasteiger partial charge in [0, 0.05) is 49.4 Å². The number of pyridine rings is 1. The predicted molar refractivity (Wildman–Crippen MR) is 125 cm³/mol. The first-order valence-corrected chi connectivity index (χ1v) is 10.1. The molecule has 148 valence electrons. The van der Waals surface area contributed by atoms with Crippen LogP contribution in [0.15, 0.2) is 40.8 Å². The second-order valence-electron chi connectivity index (χ2n) is 6.40. The average Bonchev–Trinajstić information content (AvgIpc) is 3.19.